The summed E-state index contributed by atoms with van der Waals surface area (Å²) >= 11 is 12.0. The number of nitrogens with one attached hydrogen (secondary N) is 1. The van der Waals surface area contributed by atoms with Gasteiger partial charge >= 0.3 is 0 Å². The molecular weight excluding hydrogens is 253 g/mol. The fourth-order valence-electron chi connectivity index (χ4n) is 1.94. The van der Waals surface area contributed by atoms with Crippen LogP contribution in [0.15, 0.2) is 18.2 Å². The maximum absolute atomic E-state index is 6.04. The smallest absolute Gasteiger partial charge is 0.0595 e. The van der Waals surface area contributed by atoms with E-state index in [2.05, 4.69) is 19.2 Å². The van der Waals surface area contributed by atoms with Crippen LogP contribution in [-0.4, -0.2) is 7.05 Å². The zero-order valence-corrected chi connectivity index (χ0v) is 12.3. The van der Waals surface area contributed by atoms with Gasteiger partial charge in [-0.25, -0.2) is 0 Å². The molecule has 0 fully saturated rings. The van der Waals surface area contributed by atoms with Gasteiger partial charge in [0, 0.05) is 6.04 Å². The van der Waals surface area contributed by atoms with Crippen LogP contribution in [0.25, 0.3) is 0 Å². The fourth-order valence-corrected chi connectivity index (χ4v) is 2.24. The van der Waals surface area contributed by atoms with E-state index < -0.39 is 0 Å². The van der Waals surface area contributed by atoms with Crippen LogP contribution in [0, 0.1) is 5.92 Å². The Morgan fingerprint density at radius 3 is 2.35 bits per heavy atom. The normalized spacial score (nSPS) is 13.1. The SMILES string of the molecule is CNC(CCCC(C)C)c1ccc(Cl)c(Cl)c1. The minimum atomic E-state index is 0.364. The van der Waals surface area contributed by atoms with Gasteiger partial charge in [0.25, 0.3) is 0 Å². The Bertz CT molecular complexity index is 350. The Labute approximate surface area is 115 Å². The molecule has 1 rings (SSSR count). The van der Waals surface area contributed by atoms with Gasteiger partial charge < -0.3 is 5.32 Å². The minimum absolute atomic E-state index is 0.364. The predicted molar refractivity (Wildman–Crippen MR) is 77.0 cm³/mol. The molecule has 0 saturated heterocycles. The average molecular weight is 274 g/mol. The van der Waals surface area contributed by atoms with E-state index in [1.165, 1.54) is 18.4 Å². The van der Waals surface area contributed by atoms with E-state index in [-0.39, 0.29) is 0 Å². The van der Waals surface area contributed by atoms with Crippen LogP contribution >= 0.6 is 23.2 Å². The highest BCUT2D eigenvalue weighted by Gasteiger charge is 2.10. The number of hydrogen-bond donors (Lipinski definition) is 1. The summed E-state index contributed by atoms with van der Waals surface area (Å²) in [5.41, 5.74) is 1.21. The van der Waals surface area contributed by atoms with Gasteiger partial charge in [-0.2, -0.15) is 0 Å². The van der Waals surface area contributed by atoms with E-state index in [1.807, 2.05) is 25.2 Å². The summed E-state index contributed by atoms with van der Waals surface area (Å²) in [5, 5.41) is 4.59. The maximum Gasteiger partial charge on any atom is 0.0595 e. The lowest BCUT2D eigenvalue weighted by Crippen LogP contribution is -2.16. The van der Waals surface area contributed by atoms with Crippen LogP contribution in [0.1, 0.15) is 44.7 Å². The molecule has 1 atom stereocenters. The maximum atomic E-state index is 6.04. The van der Waals surface area contributed by atoms with Crippen LogP contribution in [-0.2, 0) is 0 Å². The number of rotatable bonds is 6. The molecule has 0 amide bonds. The van der Waals surface area contributed by atoms with E-state index in [9.17, 15) is 0 Å². The summed E-state index contributed by atoms with van der Waals surface area (Å²) in [6.07, 6.45) is 3.62. The summed E-state index contributed by atoms with van der Waals surface area (Å²) in [7, 11) is 1.99. The molecule has 0 saturated carbocycles. The molecule has 1 nitrogen and oxygen atoms in total. The molecule has 0 heterocycles. The van der Waals surface area contributed by atoms with Gasteiger partial charge in [0.15, 0.2) is 0 Å². The standard InChI is InChI=1S/C14H21Cl2N/c1-10(2)5-4-6-14(17-3)11-7-8-12(15)13(16)9-11/h7-10,14,17H,4-6H2,1-3H3. The van der Waals surface area contributed by atoms with Gasteiger partial charge in [-0.15, -0.1) is 0 Å². The van der Waals surface area contributed by atoms with Gasteiger partial charge in [0.2, 0.25) is 0 Å². The van der Waals surface area contributed by atoms with Crippen molar-refractivity contribution < 1.29 is 0 Å². The van der Waals surface area contributed by atoms with Gasteiger partial charge in [-0.3, -0.25) is 0 Å². The third-order valence-corrected chi connectivity index (χ3v) is 3.71. The van der Waals surface area contributed by atoms with Crippen molar-refractivity contribution in [2.45, 2.75) is 39.2 Å². The van der Waals surface area contributed by atoms with E-state index in [1.54, 1.807) is 0 Å². The molecule has 96 valence electrons. The van der Waals surface area contributed by atoms with Gasteiger partial charge in [0.1, 0.15) is 0 Å². The zero-order chi connectivity index (χ0) is 12.8. The Morgan fingerprint density at radius 2 is 1.82 bits per heavy atom. The molecule has 0 aliphatic rings. The van der Waals surface area contributed by atoms with Crippen molar-refractivity contribution in [1.29, 1.82) is 0 Å². The summed E-state index contributed by atoms with van der Waals surface area (Å²) in [5.74, 6) is 0.765. The first kappa shape index (κ1) is 14.8. The predicted octanol–water partition coefficient (Wildman–Crippen LogP) is 5.08. The molecule has 0 aromatic heterocycles. The lowest BCUT2D eigenvalue weighted by atomic mass is 9.98. The third kappa shape index (κ3) is 4.87. The first-order chi connectivity index (χ1) is 8.04. The highest BCUT2D eigenvalue weighted by atomic mass is 35.5. The van der Waals surface area contributed by atoms with Crippen molar-refractivity contribution in [3.8, 4) is 0 Å². The average Bonchev–Trinajstić information content (AvgIpc) is 2.28. The lowest BCUT2D eigenvalue weighted by molar-refractivity contribution is 0.470. The van der Waals surface area contributed by atoms with Gasteiger partial charge in [0.05, 0.1) is 10.0 Å². The Hall–Kier alpha value is -0.240. The van der Waals surface area contributed by atoms with Crippen LogP contribution in [0.2, 0.25) is 10.0 Å². The largest absolute Gasteiger partial charge is 0.313 e. The Balaban J connectivity index is 2.62. The van der Waals surface area contributed by atoms with Crippen molar-refractivity contribution in [1.82, 2.24) is 5.32 Å². The molecule has 0 aliphatic carbocycles. The molecule has 3 heteroatoms. The molecule has 17 heavy (non-hydrogen) atoms. The summed E-state index contributed by atoms with van der Waals surface area (Å²) in [6.45, 7) is 4.51. The molecule has 1 aromatic carbocycles. The minimum Gasteiger partial charge on any atom is -0.313 e. The summed E-state index contributed by atoms with van der Waals surface area (Å²) < 4.78 is 0. The van der Waals surface area contributed by atoms with E-state index in [4.69, 9.17) is 23.2 Å². The van der Waals surface area contributed by atoms with Crippen LogP contribution < -0.4 is 5.32 Å². The third-order valence-electron chi connectivity index (χ3n) is 2.97. The Kier molecular flexibility index (Phi) is 6.32. The van der Waals surface area contributed by atoms with Gasteiger partial charge in [-0.1, -0.05) is 56.0 Å². The van der Waals surface area contributed by atoms with Crippen molar-refractivity contribution in [3.05, 3.63) is 33.8 Å². The second kappa shape index (κ2) is 7.25. The molecule has 0 radical (unpaired) electrons. The molecule has 1 N–H and O–H groups in total. The van der Waals surface area contributed by atoms with Crippen LogP contribution in [0.4, 0.5) is 0 Å². The molecule has 1 unspecified atom stereocenters. The topological polar surface area (TPSA) is 12.0 Å². The molecule has 0 spiro atoms. The van der Waals surface area contributed by atoms with Crippen LogP contribution in [0.3, 0.4) is 0 Å². The quantitative estimate of drug-likeness (QED) is 0.762. The van der Waals surface area contributed by atoms with E-state index >= 15 is 0 Å². The first-order valence-corrected chi connectivity index (χ1v) is 6.92. The molecule has 0 aliphatic heterocycles. The van der Waals surface area contributed by atoms with Crippen molar-refractivity contribution in [2.75, 3.05) is 7.05 Å². The van der Waals surface area contributed by atoms with Crippen LogP contribution in [0.5, 0.6) is 0 Å². The van der Waals surface area contributed by atoms with Crippen molar-refractivity contribution >= 4 is 23.2 Å². The number of halogens is 2. The lowest BCUT2D eigenvalue weighted by Gasteiger charge is -2.17. The Morgan fingerprint density at radius 1 is 1.12 bits per heavy atom. The van der Waals surface area contributed by atoms with Gasteiger partial charge in [-0.05, 0) is 37.1 Å². The number of benzene rings is 1. The second-order valence-corrected chi connectivity index (χ2v) is 5.65. The fraction of sp³-hybridized carbons (Fsp3) is 0.571. The van der Waals surface area contributed by atoms with E-state index in [0.29, 0.717) is 16.1 Å². The monoisotopic (exact) mass is 273 g/mol. The highest BCUT2D eigenvalue weighted by molar-refractivity contribution is 6.42. The summed E-state index contributed by atoms with van der Waals surface area (Å²) in [4.78, 5) is 0. The first-order valence-electron chi connectivity index (χ1n) is 6.16. The zero-order valence-electron chi connectivity index (χ0n) is 10.8. The second-order valence-electron chi connectivity index (χ2n) is 4.84. The molecular formula is C14H21Cl2N. The van der Waals surface area contributed by atoms with Crippen molar-refractivity contribution in [3.63, 3.8) is 0 Å². The summed E-state index contributed by atoms with van der Waals surface area (Å²) in [6, 6.07) is 6.24. The number of hydrogen-bond acceptors (Lipinski definition) is 1. The van der Waals surface area contributed by atoms with Crippen molar-refractivity contribution in [2.24, 2.45) is 5.92 Å². The van der Waals surface area contributed by atoms with E-state index in [0.717, 1.165) is 12.3 Å². The molecule has 0 bridgehead atoms. The highest BCUT2D eigenvalue weighted by Crippen LogP contribution is 2.27. The molecule has 1 aromatic rings.